The summed E-state index contributed by atoms with van der Waals surface area (Å²) in [7, 11) is 1.65. The third kappa shape index (κ3) is 4.60. The maximum Gasteiger partial charge on any atom is 0.270 e. The lowest BCUT2D eigenvalue weighted by Gasteiger charge is -2.26. The molecule has 0 N–H and O–H groups in total. The van der Waals surface area contributed by atoms with Crippen LogP contribution in [0.5, 0.6) is 11.5 Å². The normalized spacial score (nSPS) is 16.0. The molecule has 0 atom stereocenters. The molecule has 5 rings (SSSR count). The van der Waals surface area contributed by atoms with Gasteiger partial charge in [0, 0.05) is 40.6 Å². The molecule has 1 aliphatic heterocycles. The lowest BCUT2D eigenvalue weighted by Crippen LogP contribution is -2.15. The van der Waals surface area contributed by atoms with E-state index in [1.807, 2.05) is 24.3 Å². The van der Waals surface area contributed by atoms with E-state index < -0.39 is 0 Å². The average Bonchev–Trinajstić information content (AvgIpc) is 3.31. The van der Waals surface area contributed by atoms with Gasteiger partial charge in [-0.3, -0.25) is 14.7 Å². The number of benzene rings is 2. The second-order valence-corrected chi connectivity index (χ2v) is 9.39. The zero-order valence-corrected chi connectivity index (χ0v) is 19.8. The number of rotatable bonds is 7. The number of nitrogens with zero attached hydrogens (tertiary/aromatic N) is 4. The smallest absolute Gasteiger partial charge is 0.270 e. The van der Waals surface area contributed by atoms with E-state index in [9.17, 15) is 10.1 Å². The van der Waals surface area contributed by atoms with Crippen LogP contribution in [0, 0.1) is 10.1 Å². The maximum absolute atomic E-state index is 11.5. The van der Waals surface area contributed by atoms with Crippen molar-refractivity contribution in [3.8, 4) is 22.9 Å². The van der Waals surface area contributed by atoms with E-state index in [0.717, 1.165) is 40.7 Å². The van der Waals surface area contributed by atoms with E-state index in [-0.39, 0.29) is 17.4 Å². The molecule has 1 aliphatic carbocycles. The van der Waals surface area contributed by atoms with Gasteiger partial charge >= 0.3 is 0 Å². The summed E-state index contributed by atoms with van der Waals surface area (Å²) >= 11 is 1.53. The summed E-state index contributed by atoms with van der Waals surface area (Å²) in [6, 6.07) is 11.3. The number of fused-ring (bicyclic) bond motifs is 1. The van der Waals surface area contributed by atoms with Gasteiger partial charge in [-0.2, -0.15) is 0 Å². The molecule has 1 aromatic heterocycles. The van der Waals surface area contributed by atoms with Gasteiger partial charge in [-0.1, -0.05) is 31.0 Å². The van der Waals surface area contributed by atoms with Crippen LogP contribution in [0.2, 0.25) is 0 Å². The first-order valence-corrected chi connectivity index (χ1v) is 12.4. The predicted molar refractivity (Wildman–Crippen MR) is 127 cm³/mol. The number of nitro benzene ring substituents is 1. The van der Waals surface area contributed by atoms with Crippen molar-refractivity contribution in [2.75, 3.05) is 13.9 Å². The minimum absolute atomic E-state index is 0.0381. The van der Waals surface area contributed by atoms with Crippen LogP contribution in [0.25, 0.3) is 11.4 Å². The molecule has 9 nitrogen and oxygen atoms in total. The number of methoxy groups -OCH3 is 1. The fraction of sp³-hybridized carbons (Fsp3) is 0.417. The minimum atomic E-state index is -0.380. The molecular weight excluding hydrogens is 456 g/mol. The summed E-state index contributed by atoms with van der Waals surface area (Å²) in [5.74, 6) is 2.78. The second-order valence-electron chi connectivity index (χ2n) is 8.45. The van der Waals surface area contributed by atoms with Gasteiger partial charge < -0.3 is 14.2 Å². The Hall–Kier alpha value is -3.11. The van der Waals surface area contributed by atoms with Gasteiger partial charge in [0.25, 0.3) is 5.69 Å². The summed E-state index contributed by atoms with van der Waals surface area (Å²) in [4.78, 5) is 11.1. The van der Waals surface area contributed by atoms with Crippen LogP contribution in [-0.2, 0) is 17.1 Å². The first-order valence-electron chi connectivity index (χ1n) is 11.4. The molecule has 0 radical (unpaired) electrons. The summed E-state index contributed by atoms with van der Waals surface area (Å²) in [6.07, 6.45) is 5.78. The van der Waals surface area contributed by atoms with Crippen molar-refractivity contribution in [3.05, 3.63) is 57.6 Å². The summed E-state index contributed by atoms with van der Waals surface area (Å²) in [6.45, 7) is 0.441. The van der Waals surface area contributed by atoms with Crippen LogP contribution in [0.4, 0.5) is 5.69 Å². The molecule has 10 heteroatoms. The Morgan fingerprint density at radius 3 is 2.71 bits per heavy atom. The molecule has 1 saturated carbocycles. The van der Waals surface area contributed by atoms with Crippen molar-refractivity contribution in [1.29, 1.82) is 0 Å². The molecule has 3 aromatic rings. The van der Waals surface area contributed by atoms with Gasteiger partial charge in [0.2, 0.25) is 0 Å². The SMILES string of the molecule is COc1ccc(-c2nnc(SCc3cc([N+](=O)[O-])cc4c3OCOC4)n2C2CCCCC2)cc1. The van der Waals surface area contributed by atoms with Crippen LogP contribution >= 0.6 is 11.8 Å². The quantitative estimate of drug-likeness (QED) is 0.246. The molecular formula is C24H26N4O5S. The zero-order valence-electron chi connectivity index (χ0n) is 18.9. The Morgan fingerprint density at radius 2 is 1.97 bits per heavy atom. The Kier molecular flexibility index (Phi) is 6.68. The summed E-state index contributed by atoms with van der Waals surface area (Å²) < 4.78 is 18.6. The van der Waals surface area contributed by atoms with Gasteiger partial charge in [-0.05, 0) is 37.1 Å². The van der Waals surface area contributed by atoms with E-state index >= 15 is 0 Å². The highest BCUT2D eigenvalue weighted by atomic mass is 32.2. The fourth-order valence-corrected chi connectivity index (χ4v) is 5.59. The topological polar surface area (TPSA) is 102 Å². The highest BCUT2D eigenvalue weighted by Gasteiger charge is 2.26. The van der Waals surface area contributed by atoms with Crippen LogP contribution in [-0.4, -0.2) is 33.6 Å². The standard InChI is InChI=1S/C24H26N4O5S/c1-31-21-9-7-16(8-10-21)23-25-26-24(27(23)19-5-3-2-4-6-19)34-14-18-12-20(28(29)30)11-17-13-32-15-33-22(17)18/h7-12,19H,2-6,13-15H2,1H3. The average molecular weight is 483 g/mol. The number of ether oxygens (including phenoxy) is 3. The van der Waals surface area contributed by atoms with Gasteiger partial charge in [-0.25, -0.2) is 0 Å². The van der Waals surface area contributed by atoms with Gasteiger partial charge in [0.1, 0.15) is 11.5 Å². The van der Waals surface area contributed by atoms with Crippen molar-refractivity contribution in [2.24, 2.45) is 0 Å². The van der Waals surface area contributed by atoms with Crippen LogP contribution in [0.15, 0.2) is 41.6 Å². The monoisotopic (exact) mass is 482 g/mol. The van der Waals surface area contributed by atoms with Gasteiger partial charge in [0.05, 0.1) is 18.6 Å². The number of hydrogen-bond donors (Lipinski definition) is 0. The van der Waals surface area contributed by atoms with Crippen LogP contribution in [0.3, 0.4) is 0 Å². The lowest BCUT2D eigenvalue weighted by atomic mass is 9.95. The second kappa shape index (κ2) is 10.0. The lowest BCUT2D eigenvalue weighted by molar-refractivity contribution is -0.385. The first kappa shape index (κ1) is 22.7. The largest absolute Gasteiger partial charge is 0.497 e. The van der Waals surface area contributed by atoms with E-state index in [0.29, 0.717) is 29.7 Å². The Morgan fingerprint density at radius 1 is 1.18 bits per heavy atom. The molecule has 1 fully saturated rings. The molecule has 2 aliphatic rings. The van der Waals surface area contributed by atoms with E-state index in [1.54, 1.807) is 13.2 Å². The molecule has 0 unspecified atom stereocenters. The van der Waals surface area contributed by atoms with E-state index in [4.69, 9.17) is 14.2 Å². The van der Waals surface area contributed by atoms with Gasteiger partial charge in [0.15, 0.2) is 17.8 Å². The Balaban J connectivity index is 1.48. The minimum Gasteiger partial charge on any atom is -0.497 e. The summed E-state index contributed by atoms with van der Waals surface area (Å²) in [5.41, 5.74) is 2.49. The van der Waals surface area contributed by atoms with Crippen molar-refractivity contribution >= 4 is 17.4 Å². The predicted octanol–water partition coefficient (Wildman–Crippen LogP) is 5.53. The molecule has 178 valence electrons. The molecule has 0 spiro atoms. The van der Waals surface area contributed by atoms with E-state index in [2.05, 4.69) is 14.8 Å². The molecule has 34 heavy (non-hydrogen) atoms. The molecule has 2 aromatic carbocycles. The number of non-ortho nitro benzene ring substituents is 1. The molecule has 0 bridgehead atoms. The van der Waals surface area contributed by atoms with E-state index in [1.165, 1.54) is 37.1 Å². The Bertz CT molecular complexity index is 1170. The number of aromatic nitrogens is 3. The van der Waals surface area contributed by atoms with Gasteiger partial charge in [-0.15, -0.1) is 10.2 Å². The first-order chi connectivity index (χ1) is 16.6. The van der Waals surface area contributed by atoms with Crippen molar-refractivity contribution < 1.29 is 19.1 Å². The number of nitro groups is 1. The highest BCUT2D eigenvalue weighted by molar-refractivity contribution is 7.98. The number of hydrogen-bond acceptors (Lipinski definition) is 8. The zero-order chi connectivity index (χ0) is 23.5. The van der Waals surface area contributed by atoms with Crippen molar-refractivity contribution in [2.45, 2.75) is 55.7 Å². The summed E-state index contributed by atoms with van der Waals surface area (Å²) in [5, 5.41) is 21.4. The third-order valence-electron chi connectivity index (χ3n) is 6.29. The molecule has 2 heterocycles. The Labute approximate surface area is 201 Å². The highest BCUT2D eigenvalue weighted by Crippen LogP contribution is 2.39. The fourth-order valence-electron chi connectivity index (χ4n) is 4.62. The van der Waals surface area contributed by atoms with Crippen molar-refractivity contribution in [1.82, 2.24) is 14.8 Å². The number of thioether (sulfide) groups is 1. The maximum atomic E-state index is 11.5. The van der Waals surface area contributed by atoms with Crippen LogP contribution in [0.1, 0.15) is 49.3 Å². The third-order valence-corrected chi connectivity index (χ3v) is 7.28. The molecule has 0 saturated heterocycles. The van der Waals surface area contributed by atoms with Crippen LogP contribution < -0.4 is 9.47 Å². The molecule has 0 amide bonds. The van der Waals surface area contributed by atoms with Crippen molar-refractivity contribution in [3.63, 3.8) is 0 Å².